The molecule has 1 aliphatic carbocycles. The largest absolute Gasteiger partial charge is 0.494 e. The molecule has 1 saturated carbocycles. The van der Waals surface area contributed by atoms with Crippen molar-refractivity contribution < 1.29 is 9.53 Å². The van der Waals surface area contributed by atoms with Crippen molar-refractivity contribution in [2.24, 2.45) is 0 Å². The van der Waals surface area contributed by atoms with Crippen molar-refractivity contribution in [3.8, 4) is 5.75 Å². The quantitative estimate of drug-likeness (QED) is 0.805. The third kappa shape index (κ3) is 4.22. The van der Waals surface area contributed by atoms with E-state index in [0.29, 0.717) is 19.1 Å². The van der Waals surface area contributed by atoms with Crippen LogP contribution in [0.3, 0.4) is 0 Å². The Labute approximate surface area is 112 Å². The van der Waals surface area contributed by atoms with Gasteiger partial charge in [-0.3, -0.25) is 4.79 Å². The summed E-state index contributed by atoms with van der Waals surface area (Å²) in [7, 11) is 0. The van der Waals surface area contributed by atoms with Crippen LogP contribution in [0.1, 0.15) is 31.2 Å². The number of benzene rings is 1. The summed E-state index contributed by atoms with van der Waals surface area (Å²) in [5, 5.41) is 3.70. The fourth-order valence-electron chi connectivity index (χ4n) is 1.66. The first-order chi connectivity index (χ1) is 8.65. The molecule has 18 heavy (non-hydrogen) atoms. The molecule has 4 heteroatoms. The number of carbonyl (C=O) groups is 1. The average Bonchev–Trinajstić information content (AvgIpc) is 3.13. The van der Waals surface area contributed by atoms with Crippen molar-refractivity contribution in [1.82, 2.24) is 5.32 Å². The molecule has 1 amide bonds. The second-order valence-corrected chi connectivity index (χ2v) is 5.11. The SMILES string of the molecule is Cc1cc(OCCCC(=O)NC2CC2)ccc1Cl. The molecular formula is C14H18ClNO2. The van der Waals surface area contributed by atoms with E-state index in [1.165, 1.54) is 0 Å². The van der Waals surface area contributed by atoms with Crippen molar-refractivity contribution in [2.45, 2.75) is 38.6 Å². The molecule has 0 atom stereocenters. The molecule has 0 radical (unpaired) electrons. The van der Waals surface area contributed by atoms with Crippen molar-refractivity contribution >= 4 is 17.5 Å². The molecule has 1 aromatic carbocycles. The smallest absolute Gasteiger partial charge is 0.220 e. The zero-order valence-electron chi connectivity index (χ0n) is 10.5. The molecular weight excluding hydrogens is 250 g/mol. The number of hydrogen-bond acceptors (Lipinski definition) is 2. The number of hydrogen-bond donors (Lipinski definition) is 1. The van der Waals surface area contributed by atoms with Gasteiger partial charge < -0.3 is 10.1 Å². The van der Waals surface area contributed by atoms with Crippen LogP contribution in [0.5, 0.6) is 5.75 Å². The summed E-state index contributed by atoms with van der Waals surface area (Å²) in [6.07, 6.45) is 3.53. The molecule has 1 fully saturated rings. The molecule has 0 aliphatic heterocycles. The van der Waals surface area contributed by atoms with Crippen molar-refractivity contribution in [1.29, 1.82) is 0 Å². The lowest BCUT2D eigenvalue weighted by molar-refractivity contribution is -0.121. The standard InChI is InChI=1S/C14H18ClNO2/c1-10-9-12(6-7-13(10)15)18-8-2-3-14(17)16-11-4-5-11/h6-7,9,11H,2-5,8H2,1H3,(H,16,17). The van der Waals surface area contributed by atoms with Crippen LogP contribution in [0.25, 0.3) is 0 Å². The Balaban J connectivity index is 1.64. The minimum Gasteiger partial charge on any atom is -0.494 e. The molecule has 1 aliphatic rings. The van der Waals surface area contributed by atoms with Gasteiger partial charge in [-0.2, -0.15) is 0 Å². The maximum atomic E-state index is 11.4. The Bertz CT molecular complexity index is 430. The van der Waals surface area contributed by atoms with E-state index in [1.54, 1.807) is 0 Å². The van der Waals surface area contributed by atoms with E-state index in [0.717, 1.165) is 35.6 Å². The Morgan fingerprint density at radius 3 is 2.94 bits per heavy atom. The first-order valence-corrected chi connectivity index (χ1v) is 6.71. The predicted octanol–water partition coefficient (Wildman–Crippen LogP) is 3.09. The zero-order chi connectivity index (χ0) is 13.0. The molecule has 1 aromatic rings. The number of aryl methyl sites for hydroxylation is 1. The summed E-state index contributed by atoms with van der Waals surface area (Å²) in [5.41, 5.74) is 1.00. The first-order valence-electron chi connectivity index (χ1n) is 6.33. The minimum absolute atomic E-state index is 0.133. The van der Waals surface area contributed by atoms with Gasteiger partial charge in [0.05, 0.1) is 6.61 Å². The number of halogens is 1. The fourth-order valence-corrected chi connectivity index (χ4v) is 1.77. The lowest BCUT2D eigenvalue weighted by Gasteiger charge is -2.07. The van der Waals surface area contributed by atoms with Gasteiger partial charge in [-0.15, -0.1) is 0 Å². The molecule has 0 saturated heterocycles. The van der Waals surface area contributed by atoms with Gasteiger partial charge in [0, 0.05) is 17.5 Å². The van der Waals surface area contributed by atoms with E-state index in [-0.39, 0.29) is 5.91 Å². The van der Waals surface area contributed by atoms with E-state index in [1.807, 2.05) is 25.1 Å². The Morgan fingerprint density at radius 1 is 1.50 bits per heavy atom. The van der Waals surface area contributed by atoms with E-state index < -0.39 is 0 Å². The summed E-state index contributed by atoms with van der Waals surface area (Å²) in [5.74, 6) is 0.938. The van der Waals surface area contributed by atoms with E-state index in [9.17, 15) is 4.79 Å². The molecule has 98 valence electrons. The van der Waals surface area contributed by atoms with Crippen LogP contribution >= 0.6 is 11.6 Å². The highest BCUT2D eigenvalue weighted by Gasteiger charge is 2.22. The monoisotopic (exact) mass is 267 g/mol. The maximum absolute atomic E-state index is 11.4. The van der Waals surface area contributed by atoms with Crippen LogP contribution in [0.4, 0.5) is 0 Å². The summed E-state index contributed by atoms with van der Waals surface area (Å²) in [4.78, 5) is 11.4. The maximum Gasteiger partial charge on any atom is 0.220 e. The molecule has 1 N–H and O–H groups in total. The number of nitrogens with one attached hydrogen (secondary N) is 1. The molecule has 2 rings (SSSR count). The highest BCUT2D eigenvalue weighted by molar-refractivity contribution is 6.31. The van der Waals surface area contributed by atoms with Crippen molar-refractivity contribution in [3.63, 3.8) is 0 Å². The van der Waals surface area contributed by atoms with E-state index >= 15 is 0 Å². The lowest BCUT2D eigenvalue weighted by Crippen LogP contribution is -2.25. The Hall–Kier alpha value is -1.22. The third-order valence-corrected chi connectivity index (χ3v) is 3.31. The van der Waals surface area contributed by atoms with Crippen LogP contribution in [0, 0.1) is 6.92 Å². The van der Waals surface area contributed by atoms with Crippen molar-refractivity contribution in [2.75, 3.05) is 6.61 Å². The Morgan fingerprint density at radius 2 is 2.28 bits per heavy atom. The number of amides is 1. The highest BCUT2D eigenvalue weighted by Crippen LogP contribution is 2.21. The highest BCUT2D eigenvalue weighted by atomic mass is 35.5. The van der Waals surface area contributed by atoms with E-state index in [2.05, 4.69) is 5.32 Å². The Kier molecular flexibility index (Phi) is 4.48. The summed E-state index contributed by atoms with van der Waals surface area (Å²) >= 11 is 5.93. The minimum atomic E-state index is 0.133. The van der Waals surface area contributed by atoms with Gasteiger partial charge in [0.25, 0.3) is 0 Å². The van der Waals surface area contributed by atoms with Gasteiger partial charge in [-0.05, 0) is 49.9 Å². The van der Waals surface area contributed by atoms with Gasteiger partial charge in [-0.1, -0.05) is 11.6 Å². The molecule has 0 aromatic heterocycles. The summed E-state index contributed by atoms with van der Waals surface area (Å²) in [6, 6.07) is 6.02. The van der Waals surface area contributed by atoms with Crippen LogP contribution in [0.2, 0.25) is 5.02 Å². The van der Waals surface area contributed by atoms with Gasteiger partial charge in [0.2, 0.25) is 5.91 Å². The second-order valence-electron chi connectivity index (χ2n) is 4.70. The number of ether oxygens (including phenoxy) is 1. The van der Waals surface area contributed by atoms with E-state index in [4.69, 9.17) is 16.3 Å². The van der Waals surface area contributed by atoms with Gasteiger partial charge in [0.15, 0.2) is 0 Å². The first kappa shape index (κ1) is 13.2. The molecule has 0 bridgehead atoms. The van der Waals surface area contributed by atoms with Gasteiger partial charge >= 0.3 is 0 Å². The molecule has 0 unspecified atom stereocenters. The molecule has 0 spiro atoms. The van der Waals surface area contributed by atoms with Gasteiger partial charge in [-0.25, -0.2) is 0 Å². The number of carbonyl (C=O) groups excluding carboxylic acids is 1. The van der Waals surface area contributed by atoms with Crippen molar-refractivity contribution in [3.05, 3.63) is 28.8 Å². The normalized spacial score (nSPS) is 14.3. The predicted molar refractivity (Wildman–Crippen MR) is 72.1 cm³/mol. The molecule has 3 nitrogen and oxygen atoms in total. The number of rotatable bonds is 6. The zero-order valence-corrected chi connectivity index (χ0v) is 11.3. The summed E-state index contributed by atoms with van der Waals surface area (Å²) < 4.78 is 5.57. The van der Waals surface area contributed by atoms with Gasteiger partial charge in [0.1, 0.15) is 5.75 Å². The second kappa shape index (κ2) is 6.10. The summed E-state index contributed by atoms with van der Waals surface area (Å²) in [6.45, 7) is 2.50. The van der Waals surface area contributed by atoms with Crippen LogP contribution < -0.4 is 10.1 Å². The van der Waals surface area contributed by atoms with Crippen LogP contribution in [0.15, 0.2) is 18.2 Å². The van der Waals surface area contributed by atoms with Crippen LogP contribution in [-0.4, -0.2) is 18.6 Å². The third-order valence-electron chi connectivity index (χ3n) is 2.89. The lowest BCUT2D eigenvalue weighted by atomic mass is 10.2. The average molecular weight is 268 g/mol. The van der Waals surface area contributed by atoms with Crippen LogP contribution in [-0.2, 0) is 4.79 Å². The molecule has 0 heterocycles. The fraction of sp³-hybridized carbons (Fsp3) is 0.500. The topological polar surface area (TPSA) is 38.3 Å².